The maximum absolute atomic E-state index is 11.5. The van der Waals surface area contributed by atoms with Crippen molar-refractivity contribution in [1.29, 1.82) is 0 Å². The van der Waals surface area contributed by atoms with Gasteiger partial charge < -0.3 is 0 Å². The Hall–Kier alpha value is -1.29. The highest BCUT2D eigenvalue weighted by atomic mass is 32.2. The molecule has 0 saturated heterocycles. The molecular weight excluding hydrogens is 246 g/mol. The molecule has 0 aromatic heterocycles. The molecule has 0 saturated carbocycles. The smallest absolute Gasteiger partial charge is 0.236 e. The lowest BCUT2D eigenvalue weighted by molar-refractivity contribution is -0.130. The normalized spacial score (nSPS) is 10.5. The van der Waals surface area contributed by atoms with Crippen LogP contribution in [0.3, 0.4) is 0 Å². The summed E-state index contributed by atoms with van der Waals surface area (Å²) in [5.41, 5.74) is 2.44. The predicted octanol–water partition coefficient (Wildman–Crippen LogP) is 2.69. The van der Waals surface area contributed by atoms with Crippen LogP contribution in [0.25, 0.3) is 0 Å². The first kappa shape index (κ1) is 14.8. The Labute approximate surface area is 112 Å². The van der Waals surface area contributed by atoms with Gasteiger partial charge in [-0.1, -0.05) is 19.9 Å². The molecule has 0 unspecified atom stereocenters. The zero-order chi connectivity index (χ0) is 13.7. The Morgan fingerprint density at radius 1 is 1.22 bits per heavy atom. The van der Waals surface area contributed by atoms with Gasteiger partial charge in [-0.05, 0) is 37.1 Å². The molecule has 0 radical (unpaired) electrons. The molecule has 1 rings (SSSR count). The van der Waals surface area contributed by atoms with Crippen molar-refractivity contribution in [2.24, 2.45) is 5.92 Å². The predicted molar refractivity (Wildman–Crippen MR) is 74.6 cm³/mol. The minimum atomic E-state index is -0.239. The van der Waals surface area contributed by atoms with Gasteiger partial charge in [0.25, 0.3) is 0 Å². The largest absolute Gasteiger partial charge is 0.296 e. The number of carbonyl (C=O) groups is 2. The summed E-state index contributed by atoms with van der Waals surface area (Å²) in [7, 11) is 0. The summed E-state index contributed by atoms with van der Waals surface area (Å²) >= 11 is 1.44. The third-order valence-electron chi connectivity index (χ3n) is 2.64. The second-order valence-corrected chi connectivity index (χ2v) is 5.65. The lowest BCUT2D eigenvalue weighted by Gasteiger charge is -2.07. The van der Waals surface area contributed by atoms with Crippen LogP contribution in [-0.2, 0) is 9.59 Å². The van der Waals surface area contributed by atoms with Gasteiger partial charge in [-0.15, -0.1) is 11.8 Å². The van der Waals surface area contributed by atoms with E-state index < -0.39 is 0 Å². The Bertz CT molecular complexity index is 455. The first-order valence-electron chi connectivity index (χ1n) is 5.94. The molecule has 1 aromatic rings. The molecule has 0 bridgehead atoms. The van der Waals surface area contributed by atoms with Gasteiger partial charge in [0.2, 0.25) is 11.8 Å². The fourth-order valence-electron chi connectivity index (χ4n) is 1.27. The SMILES string of the molecule is Cc1ccc(SCC(=O)NC(=O)C(C)C)cc1C. The van der Waals surface area contributed by atoms with E-state index in [1.54, 1.807) is 13.8 Å². The Balaban J connectivity index is 2.47. The third-order valence-corrected chi connectivity index (χ3v) is 3.63. The number of aryl methyl sites for hydroxylation is 2. The topological polar surface area (TPSA) is 46.2 Å². The zero-order valence-electron chi connectivity index (χ0n) is 11.2. The molecule has 2 amide bonds. The van der Waals surface area contributed by atoms with Crippen LogP contribution in [0.1, 0.15) is 25.0 Å². The number of hydrogen-bond donors (Lipinski definition) is 1. The summed E-state index contributed by atoms with van der Waals surface area (Å²) in [5.74, 6) is -0.362. The average Bonchev–Trinajstić information content (AvgIpc) is 2.30. The number of carbonyl (C=O) groups excluding carboxylic acids is 2. The van der Waals surface area contributed by atoms with E-state index in [4.69, 9.17) is 0 Å². The first-order valence-corrected chi connectivity index (χ1v) is 6.92. The van der Waals surface area contributed by atoms with Gasteiger partial charge in [-0.2, -0.15) is 0 Å². The van der Waals surface area contributed by atoms with Crippen LogP contribution in [-0.4, -0.2) is 17.6 Å². The van der Waals surface area contributed by atoms with Crippen LogP contribution in [0.2, 0.25) is 0 Å². The van der Waals surface area contributed by atoms with Gasteiger partial charge in [-0.3, -0.25) is 14.9 Å². The van der Waals surface area contributed by atoms with Crippen molar-refractivity contribution in [3.05, 3.63) is 29.3 Å². The fourth-order valence-corrected chi connectivity index (χ4v) is 2.06. The number of nitrogens with one attached hydrogen (secondary N) is 1. The average molecular weight is 265 g/mol. The maximum Gasteiger partial charge on any atom is 0.236 e. The van der Waals surface area contributed by atoms with Crippen LogP contribution in [0, 0.1) is 19.8 Å². The molecule has 3 nitrogen and oxygen atoms in total. The third kappa shape index (κ3) is 4.53. The monoisotopic (exact) mass is 265 g/mol. The minimum absolute atomic E-state index is 0.166. The molecule has 0 aliphatic carbocycles. The summed E-state index contributed by atoms with van der Waals surface area (Å²) in [6.45, 7) is 7.62. The van der Waals surface area contributed by atoms with Crippen molar-refractivity contribution in [2.45, 2.75) is 32.6 Å². The Morgan fingerprint density at radius 3 is 2.44 bits per heavy atom. The van der Waals surface area contributed by atoms with E-state index in [2.05, 4.69) is 18.3 Å². The number of rotatable bonds is 4. The van der Waals surface area contributed by atoms with E-state index in [1.165, 1.54) is 22.9 Å². The highest BCUT2D eigenvalue weighted by Crippen LogP contribution is 2.20. The molecule has 0 spiro atoms. The van der Waals surface area contributed by atoms with Crippen molar-refractivity contribution < 1.29 is 9.59 Å². The highest BCUT2D eigenvalue weighted by molar-refractivity contribution is 8.00. The van der Waals surface area contributed by atoms with Crippen molar-refractivity contribution in [3.8, 4) is 0 Å². The second-order valence-electron chi connectivity index (χ2n) is 4.60. The summed E-state index contributed by atoms with van der Waals surface area (Å²) in [4.78, 5) is 23.9. The molecule has 0 fully saturated rings. The highest BCUT2D eigenvalue weighted by Gasteiger charge is 2.11. The van der Waals surface area contributed by atoms with Crippen LogP contribution in [0.15, 0.2) is 23.1 Å². The van der Waals surface area contributed by atoms with E-state index in [-0.39, 0.29) is 23.5 Å². The lowest BCUT2D eigenvalue weighted by Crippen LogP contribution is -2.34. The number of amides is 2. The molecule has 98 valence electrons. The molecule has 4 heteroatoms. The van der Waals surface area contributed by atoms with Crippen molar-refractivity contribution in [3.63, 3.8) is 0 Å². The van der Waals surface area contributed by atoms with Crippen molar-refractivity contribution in [2.75, 3.05) is 5.75 Å². The molecule has 0 atom stereocenters. The zero-order valence-corrected chi connectivity index (χ0v) is 12.1. The molecule has 0 heterocycles. The molecule has 1 aromatic carbocycles. The van der Waals surface area contributed by atoms with E-state index >= 15 is 0 Å². The van der Waals surface area contributed by atoms with Crippen molar-refractivity contribution >= 4 is 23.6 Å². The Morgan fingerprint density at radius 2 is 1.89 bits per heavy atom. The molecule has 0 aliphatic rings. The molecule has 1 N–H and O–H groups in total. The molecular formula is C14H19NO2S. The summed E-state index contributed by atoms with van der Waals surface area (Å²) < 4.78 is 0. The summed E-state index contributed by atoms with van der Waals surface area (Å²) in [5, 5.41) is 2.38. The second kappa shape index (κ2) is 6.59. The standard InChI is InChI=1S/C14H19NO2S/c1-9(2)14(17)15-13(16)8-18-12-6-5-10(3)11(4)7-12/h5-7,9H,8H2,1-4H3,(H,15,16,17). The van der Waals surface area contributed by atoms with E-state index in [0.29, 0.717) is 0 Å². The summed E-state index contributed by atoms with van der Waals surface area (Å²) in [6, 6.07) is 6.08. The first-order chi connectivity index (χ1) is 8.40. The van der Waals surface area contributed by atoms with Gasteiger partial charge in [0.1, 0.15) is 0 Å². The number of hydrogen-bond acceptors (Lipinski definition) is 3. The van der Waals surface area contributed by atoms with Crippen molar-refractivity contribution in [1.82, 2.24) is 5.32 Å². The minimum Gasteiger partial charge on any atom is -0.296 e. The van der Waals surface area contributed by atoms with Crippen LogP contribution >= 0.6 is 11.8 Å². The van der Waals surface area contributed by atoms with Crippen LogP contribution < -0.4 is 5.32 Å². The Kier molecular flexibility index (Phi) is 5.41. The molecule has 0 aliphatic heterocycles. The lowest BCUT2D eigenvalue weighted by atomic mass is 10.1. The van der Waals surface area contributed by atoms with Gasteiger partial charge in [-0.25, -0.2) is 0 Å². The van der Waals surface area contributed by atoms with Crippen LogP contribution in [0.5, 0.6) is 0 Å². The van der Waals surface area contributed by atoms with Gasteiger partial charge in [0.05, 0.1) is 5.75 Å². The van der Waals surface area contributed by atoms with Crippen LogP contribution in [0.4, 0.5) is 0 Å². The van der Waals surface area contributed by atoms with Gasteiger partial charge in [0.15, 0.2) is 0 Å². The number of benzene rings is 1. The van der Waals surface area contributed by atoms with E-state index in [1.807, 2.05) is 19.1 Å². The number of imide groups is 1. The molecule has 18 heavy (non-hydrogen) atoms. The fraction of sp³-hybridized carbons (Fsp3) is 0.429. The van der Waals surface area contributed by atoms with E-state index in [9.17, 15) is 9.59 Å². The maximum atomic E-state index is 11.5. The summed E-state index contributed by atoms with van der Waals surface area (Å²) in [6.07, 6.45) is 0. The van der Waals surface area contributed by atoms with E-state index in [0.717, 1.165) is 4.90 Å². The van der Waals surface area contributed by atoms with Gasteiger partial charge >= 0.3 is 0 Å². The quantitative estimate of drug-likeness (QED) is 0.851. The number of thioether (sulfide) groups is 1. The van der Waals surface area contributed by atoms with Gasteiger partial charge in [0, 0.05) is 10.8 Å².